The molecule has 0 radical (unpaired) electrons. The third-order valence-electron chi connectivity index (χ3n) is 2.29. The molecule has 0 spiro atoms. The number of carboxylic acid groups (broad SMARTS) is 1. The van der Waals surface area contributed by atoms with Gasteiger partial charge < -0.3 is 9.63 Å². The summed E-state index contributed by atoms with van der Waals surface area (Å²) in [6, 6.07) is 3.67. The van der Waals surface area contributed by atoms with Crippen LogP contribution in [0.25, 0.3) is 11.3 Å². The second kappa shape index (κ2) is 4.58. The fraction of sp³-hybridized carbons (Fsp3) is 0.0909. The van der Waals surface area contributed by atoms with Gasteiger partial charge in [-0.25, -0.2) is 4.79 Å². The van der Waals surface area contributed by atoms with Crippen molar-refractivity contribution in [2.75, 3.05) is 0 Å². The molecule has 4 nitrogen and oxygen atoms in total. The molecule has 0 aliphatic carbocycles. The average molecular weight is 292 g/mol. The lowest BCUT2D eigenvalue weighted by molar-refractivity contribution is -0.137. The van der Waals surface area contributed by atoms with Gasteiger partial charge in [-0.1, -0.05) is 16.8 Å². The highest BCUT2D eigenvalue weighted by atomic mass is 35.5. The van der Waals surface area contributed by atoms with Crippen molar-refractivity contribution < 1.29 is 27.6 Å². The van der Waals surface area contributed by atoms with Gasteiger partial charge in [0.05, 0.1) is 10.6 Å². The maximum Gasteiger partial charge on any atom is 0.416 e. The Morgan fingerprint density at radius 3 is 2.53 bits per heavy atom. The Morgan fingerprint density at radius 1 is 1.32 bits per heavy atom. The van der Waals surface area contributed by atoms with E-state index in [0.29, 0.717) is 0 Å². The molecule has 0 amide bonds. The quantitative estimate of drug-likeness (QED) is 0.916. The standard InChI is InChI=1S/C11H5ClF3NO3/c12-7-2-1-5(11(13,14)15)3-6(7)8-4-9(10(17)18)19-16-8/h1-4H,(H,17,18). The first-order valence-electron chi connectivity index (χ1n) is 4.86. The van der Waals surface area contributed by atoms with Gasteiger partial charge in [0, 0.05) is 11.6 Å². The van der Waals surface area contributed by atoms with Gasteiger partial charge in [0.2, 0.25) is 5.76 Å². The summed E-state index contributed by atoms with van der Waals surface area (Å²) in [5.41, 5.74) is -1.03. The van der Waals surface area contributed by atoms with Gasteiger partial charge in [0.25, 0.3) is 0 Å². The van der Waals surface area contributed by atoms with Crippen molar-refractivity contribution >= 4 is 17.6 Å². The first kappa shape index (κ1) is 13.4. The zero-order valence-electron chi connectivity index (χ0n) is 9.03. The topological polar surface area (TPSA) is 63.3 Å². The van der Waals surface area contributed by atoms with Crippen molar-refractivity contribution in [3.63, 3.8) is 0 Å². The molecule has 0 unspecified atom stereocenters. The normalized spacial score (nSPS) is 11.6. The van der Waals surface area contributed by atoms with E-state index in [-0.39, 0.29) is 16.3 Å². The smallest absolute Gasteiger partial charge is 0.416 e. The van der Waals surface area contributed by atoms with Crippen LogP contribution in [0.4, 0.5) is 13.2 Å². The van der Waals surface area contributed by atoms with E-state index < -0.39 is 23.5 Å². The largest absolute Gasteiger partial charge is 0.475 e. The summed E-state index contributed by atoms with van der Waals surface area (Å²) >= 11 is 5.77. The van der Waals surface area contributed by atoms with Crippen molar-refractivity contribution in [3.05, 3.63) is 40.6 Å². The monoisotopic (exact) mass is 291 g/mol. The Morgan fingerprint density at radius 2 is 2.00 bits per heavy atom. The molecule has 0 bridgehead atoms. The number of alkyl halides is 3. The Kier molecular flexibility index (Phi) is 3.23. The lowest BCUT2D eigenvalue weighted by atomic mass is 10.1. The lowest BCUT2D eigenvalue weighted by Crippen LogP contribution is -2.04. The maximum absolute atomic E-state index is 12.6. The number of halogens is 4. The van der Waals surface area contributed by atoms with Crippen molar-refractivity contribution in [1.29, 1.82) is 0 Å². The molecule has 100 valence electrons. The molecule has 1 N–H and O–H groups in total. The molecule has 0 saturated carbocycles. The number of carbonyl (C=O) groups is 1. The van der Waals surface area contributed by atoms with Crippen molar-refractivity contribution in [1.82, 2.24) is 5.16 Å². The van der Waals surface area contributed by atoms with Crippen LogP contribution in [-0.2, 0) is 6.18 Å². The minimum Gasteiger partial charge on any atom is -0.475 e. The Labute approximate surface area is 109 Å². The number of hydrogen-bond donors (Lipinski definition) is 1. The highest BCUT2D eigenvalue weighted by Crippen LogP contribution is 2.35. The fourth-order valence-corrected chi connectivity index (χ4v) is 1.62. The summed E-state index contributed by atoms with van der Waals surface area (Å²) in [4.78, 5) is 10.6. The summed E-state index contributed by atoms with van der Waals surface area (Å²) in [6.07, 6.45) is -4.53. The molecule has 1 aromatic heterocycles. The van der Waals surface area contributed by atoms with Crippen LogP contribution < -0.4 is 0 Å². The summed E-state index contributed by atoms with van der Waals surface area (Å²) in [5.74, 6) is -1.86. The predicted octanol–water partition coefficient (Wildman–Crippen LogP) is 3.71. The lowest BCUT2D eigenvalue weighted by Gasteiger charge is -2.08. The van der Waals surface area contributed by atoms with E-state index in [2.05, 4.69) is 9.68 Å². The third-order valence-corrected chi connectivity index (χ3v) is 2.62. The van der Waals surface area contributed by atoms with Crippen LogP contribution >= 0.6 is 11.6 Å². The number of hydrogen-bond acceptors (Lipinski definition) is 3. The average Bonchev–Trinajstić information content (AvgIpc) is 2.77. The molecule has 2 aromatic rings. The molecule has 0 atom stereocenters. The highest BCUT2D eigenvalue weighted by molar-refractivity contribution is 6.33. The number of carboxylic acids is 1. The minimum atomic E-state index is -4.53. The molecular formula is C11H5ClF3NO3. The van der Waals surface area contributed by atoms with Crippen LogP contribution in [0.15, 0.2) is 28.8 Å². The molecule has 1 aromatic carbocycles. The third kappa shape index (κ3) is 2.70. The van der Waals surface area contributed by atoms with Crippen molar-refractivity contribution in [3.8, 4) is 11.3 Å². The second-order valence-electron chi connectivity index (χ2n) is 3.57. The van der Waals surface area contributed by atoms with Gasteiger partial charge in [-0.05, 0) is 18.2 Å². The van der Waals surface area contributed by atoms with Gasteiger partial charge in [-0.2, -0.15) is 13.2 Å². The van der Waals surface area contributed by atoms with Crippen LogP contribution in [0.5, 0.6) is 0 Å². The molecule has 19 heavy (non-hydrogen) atoms. The van der Waals surface area contributed by atoms with Crippen LogP contribution in [-0.4, -0.2) is 16.2 Å². The van der Waals surface area contributed by atoms with E-state index in [1.54, 1.807) is 0 Å². The predicted molar refractivity (Wildman–Crippen MR) is 58.9 cm³/mol. The van der Waals surface area contributed by atoms with Crippen molar-refractivity contribution in [2.24, 2.45) is 0 Å². The van der Waals surface area contributed by atoms with E-state index in [4.69, 9.17) is 16.7 Å². The number of aromatic nitrogens is 1. The zero-order valence-corrected chi connectivity index (χ0v) is 9.79. The SMILES string of the molecule is O=C(O)c1cc(-c2cc(C(F)(F)F)ccc2Cl)no1. The van der Waals surface area contributed by atoms with Crippen LogP contribution in [0.1, 0.15) is 16.1 Å². The second-order valence-corrected chi connectivity index (χ2v) is 3.98. The van der Waals surface area contributed by atoms with Crippen LogP contribution in [0, 0.1) is 0 Å². The summed E-state index contributed by atoms with van der Waals surface area (Å²) < 4.78 is 42.2. The number of benzene rings is 1. The van der Waals surface area contributed by atoms with Gasteiger partial charge in [-0.15, -0.1) is 0 Å². The molecule has 2 rings (SSSR count). The van der Waals surface area contributed by atoms with E-state index in [0.717, 1.165) is 24.3 Å². The number of rotatable bonds is 2. The van der Waals surface area contributed by atoms with Gasteiger partial charge in [0.1, 0.15) is 5.69 Å². The summed E-state index contributed by atoms with van der Waals surface area (Å²) in [6.45, 7) is 0. The maximum atomic E-state index is 12.6. The molecule has 0 aliphatic rings. The van der Waals surface area contributed by atoms with E-state index >= 15 is 0 Å². The molecular weight excluding hydrogens is 287 g/mol. The first-order chi connectivity index (χ1) is 8.79. The number of nitrogens with zero attached hydrogens (tertiary/aromatic N) is 1. The molecule has 8 heteroatoms. The highest BCUT2D eigenvalue weighted by Gasteiger charge is 2.31. The van der Waals surface area contributed by atoms with Gasteiger partial charge >= 0.3 is 12.1 Å². The van der Waals surface area contributed by atoms with E-state index in [1.807, 2.05) is 0 Å². The molecule has 0 saturated heterocycles. The van der Waals surface area contributed by atoms with E-state index in [9.17, 15) is 18.0 Å². The van der Waals surface area contributed by atoms with Crippen LogP contribution in [0.3, 0.4) is 0 Å². The first-order valence-corrected chi connectivity index (χ1v) is 5.24. The van der Waals surface area contributed by atoms with E-state index in [1.165, 1.54) is 0 Å². The summed E-state index contributed by atoms with van der Waals surface area (Å²) in [5, 5.41) is 12.0. The van der Waals surface area contributed by atoms with Crippen molar-refractivity contribution in [2.45, 2.75) is 6.18 Å². The Hall–Kier alpha value is -2.02. The Bertz CT molecular complexity index is 636. The van der Waals surface area contributed by atoms with Gasteiger partial charge in [-0.3, -0.25) is 0 Å². The van der Waals surface area contributed by atoms with Gasteiger partial charge in [0.15, 0.2) is 0 Å². The molecule has 1 heterocycles. The zero-order chi connectivity index (χ0) is 14.2. The Balaban J connectivity index is 2.51. The minimum absolute atomic E-state index is 0.0123. The molecule has 0 fully saturated rings. The fourth-order valence-electron chi connectivity index (χ4n) is 1.40. The molecule has 0 aliphatic heterocycles. The summed E-state index contributed by atoms with van der Waals surface area (Å²) in [7, 11) is 0. The number of aromatic carboxylic acids is 1. The van der Waals surface area contributed by atoms with Crippen LogP contribution in [0.2, 0.25) is 5.02 Å².